The van der Waals surface area contributed by atoms with Crippen molar-refractivity contribution in [1.82, 2.24) is 0 Å². The van der Waals surface area contributed by atoms with Gasteiger partial charge in [-0.1, -0.05) is 30.8 Å². The minimum Gasteiger partial charge on any atom is -0.282 e. The van der Waals surface area contributed by atoms with Crippen molar-refractivity contribution < 1.29 is 13.0 Å². The summed E-state index contributed by atoms with van der Waals surface area (Å²) in [5, 5.41) is 1.51. The Kier molecular flexibility index (Phi) is 2.38. The quantitative estimate of drug-likeness (QED) is 0.778. The SMILES string of the molecule is O=S(=O)(O)c1ccc2c([S])cccc2c1. The molecule has 0 spiro atoms. The number of rotatable bonds is 1. The van der Waals surface area contributed by atoms with Crippen LogP contribution < -0.4 is 0 Å². The molecule has 1 radical (unpaired) electrons. The van der Waals surface area contributed by atoms with E-state index in [1.807, 2.05) is 0 Å². The van der Waals surface area contributed by atoms with Gasteiger partial charge in [-0.25, -0.2) is 0 Å². The molecule has 0 bridgehead atoms. The van der Waals surface area contributed by atoms with Gasteiger partial charge in [0.1, 0.15) is 0 Å². The molecule has 0 atom stereocenters. The molecule has 0 heterocycles. The summed E-state index contributed by atoms with van der Waals surface area (Å²) < 4.78 is 30.6. The van der Waals surface area contributed by atoms with Crippen molar-refractivity contribution in [1.29, 1.82) is 0 Å². The Morgan fingerprint density at radius 2 is 1.87 bits per heavy atom. The minimum absolute atomic E-state index is 0.115. The fourth-order valence-corrected chi connectivity index (χ4v) is 2.17. The lowest BCUT2D eigenvalue weighted by molar-refractivity contribution is 0.483. The molecule has 3 nitrogen and oxygen atoms in total. The van der Waals surface area contributed by atoms with E-state index in [1.165, 1.54) is 12.1 Å². The van der Waals surface area contributed by atoms with Crippen LogP contribution in [0, 0.1) is 0 Å². The Bertz CT molecular complexity index is 618. The molecule has 2 aromatic rings. The second-order valence-corrected chi connectivity index (χ2v) is 4.98. The number of hydrogen-bond acceptors (Lipinski definition) is 2. The summed E-state index contributed by atoms with van der Waals surface area (Å²) in [6.07, 6.45) is 0. The van der Waals surface area contributed by atoms with E-state index in [0.29, 0.717) is 10.3 Å². The molecular formula is C10H7O3S2. The van der Waals surface area contributed by atoms with E-state index in [2.05, 4.69) is 0 Å². The van der Waals surface area contributed by atoms with Crippen LogP contribution in [-0.2, 0) is 10.1 Å². The lowest BCUT2D eigenvalue weighted by Gasteiger charge is -2.02. The highest BCUT2D eigenvalue weighted by molar-refractivity contribution is 7.85. The predicted octanol–water partition coefficient (Wildman–Crippen LogP) is 2.64. The minimum atomic E-state index is -4.14. The zero-order valence-corrected chi connectivity index (χ0v) is 9.18. The maximum absolute atomic E-state index is 10.9. The summed E-state index contributed by atoms with van der Waals surface area (Å²) in [6, 6.07) is 9.61. The molecule has 1 N–H and O–H groups in total. The van der Waals surface area contributed by atoms with Crippen molar-refractivity contribution in [3.63, 3.8) is 0 Å². The third kappa shape index (κ3) is 1.94. The molecule has 0 saturated carbocycles. The second-order valence-electron chi connectivity index (χ2n) is 3.11. The highest BCUT2D eigenvalue weighted by Crippen LogP contribution is 2.24. The molecule has 0 saturated heterocycles. The summed E-state index contributed by atoms with van der Waals surface area (Å²) in [4.78, 5) is 0.546. The Labute approximate surface area is 92.9 Å². The average molecular weight is 239 g/mol. The zero-order valence-electron chi connectivity index (χ0n) is 7.54. The van der Waals surface area contributed by atoms with Gasteiger partial charge in [0.15, 0.2) is 0 Å². The van der Waals surface area contributed by atoms with Crippen molar-refractivity contribution >= 4 is 33.5 Å². The van der Waals surface area contributed by atoms with Crippen molar-refractivity contribution in [3.8, 4) is 0 Å². The maximum atomic E-state index is 10.9. The van der Waals surface area contributed by atoms with Crippen molar-refractivity contribution in [2.45, 2.75) is 9.79 Å². The monoisotopic (exact) mass is 239 g/mol. The van der Waals surface area contributed by atoms with Crippen LogP contribution >= 0.6 is 12.6 Å². The average Bonchev–Trinajstić information content (AvgIpc) is 2.16. The lowest BCUT2D eigenvalue weighted by Crippen LogP contribution is -1.97. The van der Waals surface area contributed by atoms with Crippen LogP contribution in [0.15, 0.2) is 46.2 Å². The van der Waals surface area contributed by atoms with E-state index in [1.54, 1.807) is 24.3 Å². The third-order valence-electron chi connectivity index (χ3n) is 2.11. The standard InChI is InChI=1S/C10H7O3S2/c11-15(12,13)8-4-5-9-7(6-8)2-1-3-10(9)14/h1-6H,(H,11,12,13). The van der Waals surface area contributed by atoms with Crippen LogP contribution in [0.5, 0.6) is 0 Å². The fourth-order valence-electron chi connectivity index (χ4n) is 1.39. The van der Waals surface area contributed by atoms with E-state index >= 15 is 0 Å². The zero-order chi connectivity index (χ0) is 11.1. The van der Waals surface area contributed by atoms with E-state index in [4.69, 9.17) is 17.2 Å². The molecule has 77 valence electrons. The third-order valence-corrected chi connectivity index (χ3v) is 3.32. The van der Waals surface area contributed by atoms with E-state index in [0.717, 1.165) is 5.39 Å². The second kappa shape index (κ2) is 3.44. The van der Waals surface area contributed by atoms with E-state index in [9.17, 15) is 8.42 Å². The number of benzene rings is 2. The van der Waals surface area contributed by atoms with Gasteiger partial charge in [0.05, 0.1) is 4.90 Å². The summed E-state index contributed by atoms with van der Waals surface area (Å²) >= 11 is 5.08. The van der Waals surface area contributed by atoms with Crippen molar-refractivity contribution in [3.05, 3.63) is 36.4 Å². The summed E-state index contributed by atoms with van der Waals surface area (Å²) in [6.45, 7) is 0. The molecule has 5 heteroatoms. The lowest BCUT2D eigenvalue weighted by atomic mass is 10.1. The molecule has 0 aliphatic rings. The van der Waals surface area contributed by atoms with Crippen LogP contribution in [0.2, 0.25) is 0 Å². The first kappa shape index (κ1) is 10.4. The van der Waals surface area contributed by atoms with Crippen LogP contribution in [0.4, 0.5) is 0 Å². The van der Waals surface area contributed by atoms with E-state index in [-0.39, 0.29) is 4.90 Å². The Balaban J connectivity index is 2.79. The Morgan fingerprint density at radius 3 is 2.53 bits per heavy atom. The molecule has 0 amide bonds. The smallest absolute Gasteiger partial charge is 0.282 e. The van der Waals surface area contributed by atoms with Gasteiger partial charge >= 0.3 is 0 Å². The highest BCUT2D eigenvalue weighted by Gasteiger charge is 2.10. The Morgan fingerprint density at radius 1 is 1.13 bits per heavy atom. The maximum Gasteiger partial charge on any atom is 0.294 e. The van der Waals surface area contributed by atoms with Gasteiger partial charge in [-0.15, -0.1) is 0 Å². The number of hydrogen-bond donors (Lipinski definition) is 1. The van der Waals surface area contributed by atoms with Crippen LogP contribution in [0.1, 0.15) is 0 Å². The van der Waals surface area contributed by atoms with Crippen molar-refractivity contribution in [2.24, 2.45) is 0 Å². The van der Waals surface area contributed by atoms with Gasteiger partial charge in [-0.05, 0) is 29.0 Å². The highest BCUT2D eigenvalue weighted by atomic mass is 32.2. The molecule has 2 rings (SSSR count). The molecule has 0 fully saturated rings. The fraction of sp³-hybridized carbons (Fsp3) is 0. The molecule has 0 aromatic heterocycles. The molecule has 15 heavy (non-hydrogen) atoms. The first-order chi connectivity index (χ1) is 6.98. The summed E-state index contributed by atoms with van der Waals surface area (Å²) in [7, 11) is -4.14. The molecule has 0 aliphatic carbocycles. The van der Waals surface area contributed by atoms with Gasteiger partial charge < -0.3 is 0 Å². The first-order valence-corrected chi connectivity index (χ1v) is 6.00. The van der Waals surface area contributed by atoms with Gasteiger partial charge in [0, 0.05) is 4.90 Å². The van der Waals surface area contributed by atoms with Gasteiger partial charge in [-0.3, -0.25) is 4.55 Å². The van der Waals surface area contributed by atoms with Crippen LogP contribution in [0.25, 0.3) is 10.8 Å². The predicted molar refractivity (Wildman–Crippen MR) is 59.6 cm³/mol. The topological polar surface area (TPSA) is 54.4 Å². The van der Waals surface area contributed by atoms with Crippen molar-refractivity contribution in [2.75, 3.05) is 0 Å². The molecule has 2 aromatic carbocycles. The largest absolute Gasteiger partial charge is 0.294 e. The number of fused-ring (bicyclic) bond motifs is 1. The van der Waals surface area contributed by atoms with Gasteiger partial charge in [0.25, 0.3) is 10.1 Å². The summed E-state index contributed by atoms with van der Waals surface area (Å²) in [5.41, 5.74) is 0. The summed E-state index contributed by atoms with van der Waals surface area (Å²) in [5.74, 6) is 0. The van der Waals surface area contributed by atoms with E-state index < -0.39 is 10.1 Å². The van der Waals surface area contributed by atoms with Gasteiger partial charge in [0.2, 0.25) is 0 Å². The molecular weight excluding hydrogens is 232 g/mol. The van der Waals surface area contributed by atoms with Crippen LogP contribution in [0.3, 0.4) is 0 Å². The van der Waals surface area contributed by atoms with Gasteiger partial charge in [-0.2, -0.15) is 8.42 Å². The molecule has 0 aliphatic heterocycles. The van der Waals surface area contributed by atoms with Crippen LogP contribution in [-0.4, -0.2) is 13.0 Å². The Hall–Kier alpha value is -1.17. The normalized spacial score (nSPS) is 11.8. The molecule has 0 unspecified atom stereocenters. The first-order valence-electron chi connectivity index (χ1n) is 4.16.